The Kier molecular flexibility index (Phi) is 2.12. The van der Waals surface area contributed by atoms with E-state index in [-0.39, 0.29) is 0 Å². The van der Waals surface area contributed by atoms with Crippen LogP contribution >= 0.6 is 0 Å². The maximum absolute atomic E-state index is 4.90. The standard InChI is InChI=1S/C16H17N3/c1-16(2)11-7-10-3-4-13(14-9-17-5-6-18-14)19-15(10)12(16)8-11/h3-6,9,11-12H,7-8H2,1-2H3/t11-,12-/m0/s1. The molecule has 0 N–H and O–H groups in total. The molecule has 0 amide bonds. The van der Waals surface area contributed by atoms with Gasteiger partial charge in [-0.2, -0.15) is 0 Å². The zero-order valence-corrected chi connectivity index (χ0v) is 11.3. The van der Waals surface area contributed by atoms with Crippen LogP contribution in [0.3, 0.4) is 0 Å². The fraction of sp³-hybridized carbons (Fsp3) is 0.438. The van der Waals surface area contributed by atoms with Crippen molar-refractivity contribution in [3.63, 3.8) is 0 Å². The second-order valence-corrected chi connectivity index (χ2v) is 6.34. The molecule has 2 bridgehead atoms. The summed E-state index contributed by atoms with van der Waals surface area (Å²) in [5.74, 6) is 1.46. The Labute approximate surface area is 113 Å². The van der Waals surface area contributed by atoms with E-state index < -0.39 is 0 Å². The van der Waals surface area contributed by atoms with Crippen molar-refractivity contribution in [2.45, 2.75) is 32.6 Å². The van der Waals surface area contributed by atoms with Gasteiger partial charge in [-0.25, -0.2) is 0 Å². The molecular formula is C16H17N3. The summed E-state index contributed by atoms with van der Waals surface area (Å²) in [6, 6.07) is 4.32. The summed E-state index contributed by atoms with van der Waals surface area (Å²) in [5.41, 5.74) is 4.97. The average Bonchev–Trinajstić information content (AvgIpc) is 2.46. The fourth-order valence-electron chi connectivity index (χ4n) is 3.64. The average molecular weight is 251 g/mol. The molecule has 1 saturated carbocycles. The minimum Gasteiger partial charge on any atom is -0.261 e. The first kappa shape index (κ1) is 11.1. The number of aromatic nitrogens is 3. The SMILES string of the molecule is CC1(C)[C@H]2Cc3ccc(-c4cnccn4)nc3[C@@H]1C2. The topological polar surface area (TPSA) is 38.7 Å². The highest BCUT2D eigenvalue weighted by Crippen LogP contribution is 2.61. The van der Waals surface area contributed by atoms with Gasteiger partial charge in [-0.05, 0) is 35.8 Å². The highest BCUT2D eigenvalue weighted by Gasteiger charge is 2.53. The molecular weight excluding hydrogens is 234 g/mol. The summed E-state index contributed by atoms with van der Waals surface area (Å²) in [7, 11) is 0. The lowest BCUT2D eigenvalue weighted by atomic mass is 9.48. The van der Waals surface area contributed by atoms with Crippen molar-refractivity contribution >= 4 is 0 Å². The van der Waals surface area contributed by atoms with Crippen molar-refractivity contribution < 1.29 is 0 Å². The van der Waals surface area contributed by atoms with E-state index in [1.807, 2.05) is 0 Å². The molecule has 3 nitrogen and oxygen atoms in total. The first-order valence-corrected chi connectivity index (χ1v) is 6.92. The Balaban J connectivity index is 1.81. The Morgan fingerprint density at radius 1 is 1.16 bits per heavy atom. The van der Waals surface area contributed by atoms with Crippen molar-refractivity contribution in [3.8, 4) is 11.4 Å². The van der Waals surface area contributed by atoms with Gasteiger partial charge in [0.2, 0.25) is 0 Å². The lowest BCUT2D eigenvalue weighted by molar-refractivity contribution is 0.0156. The van der Waals surface area contributed by atoms with Crippen LogP contribution in [0.4, 0.5) is 0 Å². The lowest BCUT2D eigenvalue weighted by Crippen LogP contribution is -2.48. The van der Waals surface area contributed by atoms with E-state index in [4.69, 9.17) is 4.98 Å². The van der Waals surface area contributed by atoms with Gasteiger partial charge in [-0.1, -0.05) is 19.9 Å². The van der Waals surface area contributed by atoms with Crippen molar-refractivity contribution in [1.29, 1.82) is 0 Å². The zero-order chi connectivity index (χ0) is 13.0. The van der Waals surface area contributed by atoms with Gasteiger partial charge in [0.25, 0.3) is 0 Å². The van der Waals surface area contributed by atoms with Crippen LogP contribution in [-0.4, -0.2) is 15.0 Å². The van der Waals surface area contributed by atoms with Gasteiger partial charge in [0, 0.05) is 24.0 Å². The molecule has 3 aliphatic carbocycles. The van der Waals surface area contributed by atoms with Crippen molar-refractivity contribution in [1.82, 2.24) is 15.0 Å². The van der Waals surface area contributed by atoms with Crippen LogP contribution in [0.2, 0.25) is 0 Å². The van der Waals surface area contributed by atoms with E-state index in [2.05, 4.69) is 35.9 Å². The van der Waals surface area contributed by atoms with E-state index >= 15 is 0 Å². The van der Waals surface area contributed by atoms with Crippen LogP contribution in [0.5, 0.6) is 0 Å². The molecule has 2 heterocycles. The van der Waals surface area contributed by atoms with Crippen molar-refractivity contribution in [2.24, 2.45) is 11.3 Å². The van der Waals surface area contributed by atoms with E-state index in [1.54, 1.807) is 18.6 Å². The smallest absolute Gasteiger partial charge is 0.107 e. The maximum atomic E-state index is 4.90. The molecule has 3 aliphatic rings. The van der Waals surface area contributed by atoms with Crippen molar-refractivity contribution in [3.05, 3.63) is 42.0 Å². The number of pyridine rings is 1. The van der Waals surface area contributed by atoms with E-state index in [9.17, 15) is 0 Å². The second-order valence-electron chi connectivity index (χ2n) is 6.34. The quantitative estimate of drug-likeness (QED) is 0.781. The van der Waals surface area contributed by atoms with Gasteiger partial charge in [0.1, 0.15) is 5.69 Å². The Hall–Kier alpha value is -1.77. The van der Waals surface area contributed by atoms with Crippen LogP contribution < -0.4 is 0 Å². The minimum absolute atomic E-state index is 0.418. The molecule has 3 heteroatoms. The third-order valence-corrected chi connectivity index (χ3v) is 5.10. The number of rotatable bonds is 1. The van der Waals surface area contributed by atoms with E-state index in [1.165, 1.54) is 24.1 Å². The zero-order valence-electron chi connectivity index (χ0n) is 11.3. The molecule has 2 atom stereocenters. The Morgan fingerprint density at radius 2 is 2.05 bits per heavy atom. The third kappa shape index (κ3) is 1.47. The molecule has 2 aromatic rings. The minimum atomic E-state index is 0.418. The predicted octanol–water partition coefficient (Wildman–Crippen LogP) is 3.22. The highest BCUT2D eigenvalue weighted by molar-refractivity contribution is 5.54. The monoisotopic (exact) mass is 251 g/mol. The highest BCUT2D eigenvalue weighted by atomic mass is 14.8. The van der Waals surface area contributed by atoms with Crippen LogP contribution in [-0.2, 0) is 6.42 Å². The van der Waals surface area contributed by atoms with Crippen LogP contribution in [0, 0.1) is 11.3 Å². The summed E-state index contributed by atoms with van der Waals surface area (Å²) in [4.78, 5) is 13.4. The first-order chi connectivity index (χ1) is 9.16. The maximum Gasteiger partial charge on any atom is 0.107 e. The summed E-state index contributed by atoms with van der Waals surface area (Å²) < 4.78 is 0. The molecule has 2 aromatic heterocycles. The molecule has 0 saturated heterocycles. The lowest BCUT2D eigenvalue weighted by Gasteiger charge is -2.56. The molecule has 0 radical (unpaired) electrons. The van der Waals surface area contributed by atoms with E-state index in [0.717, 1.165) is 17.3 Å². The van der Waals surface area contributed by atoms with Crippen LogP contribution in [0.25, 0.3) is 11.4 Å². The number of hydrogen-bond acceptors (Lipinski definition) is 3. The molecule has 5 rings (SSSR count). The summed E-state index contributed by atoms with van der Waals surface area (Å²) in [6.07, 6.45) is 7.69. The molecule has 0 spiro atoms. The van der Waals surface area contributed by atoms with E-state index in [0.29, 0.717) is 11.3 Å². The number of nitrogens with zero attached hydrogens (tertiary/aromatic N) is 3. The summed E-state index contributed by atoms with van der Waals surface area (Å²) in [6.45, 7) is 4.76. The first-order valence-electron chi connectivity index (χ1n) is 6.92. The predicted molar refractivity (Wildman–Crippen MR) is 73.6 cm³/mol. The molecule has 0 aliphatic heterocycles. The number of hydrogen-bond donors (Lipinski definition) is 0. The largest absolute Gasteiger partial charge is 0.261 e. The normalized spacial score (nSPS) is 26.4. The van der Waals surface area contributed by atoms with Crippen LogP contribution in [0.15, 0.2) is 30.7 Å². The molecule has 0 aromatic carbocycles. The Morgan fingerprint density at radius 3 is 2.79 bits per heavy atom. The summed E-state index contributed by atoms with van der Waals surface area (Å²) in [5, 5.41) is 0. The molecule has 96 valence electrons. The van der Waals surface area contributed by atoms with Gasteiger partial charge in [-0.3, -0.25) is 15.0 Å². The molecule has 1 fully saturated rings. The van der Waals surface area contributed by atoms with Crippen LogP contribution in [0.1, 0.15) is 37.4 Å². The third-order valence-electron chi connectivity index (χ3n) is 5.10. The second kappa shape index (κ2) is 3.62. The fourth-order valence-corrected chi connectivity index (χ4v) is 3.64. The molecule has 0 unspecified atom stereocenters. The summed E-state index contributed by atoms with van der Waals surface area (Å²) >= 11 is 0. The Bertz CT molecular complexity index is 634. The molecule has 19 heavy (non-hydrogen) atoms. The van der Waals surface area contributed by atoms with Gasteiger partial charge >= 0.3 is 0 Å². The van der Waals surface area contributed by atoms with Gasteiger partial charge in [-0.15, -0.1) is 0 Å². The van der Waals surface area contributed by atoms with Crippen molar-refractivity contribution in [2.75, 3.05) is 0 Å². The van der Waals surface area contributed by atoms with Gasteiger partial charge in [0.15, 0.2) is 0 Å². The van der Waals surface area contributed by atoms with Gasteiger partial charge in [0.05, 0.1) is 11.9 Å². The van der Waals surface area contributed by atoms with Gasteiger partial charge < -0.3 is 0 Å².